The van der Waals surface area contributed by atoms with Crippen molar-refractivity contribution in [3.05, 3.63) is 35.6 Å². The van der Waals surface area contributed by atoms with Crippen LogP contribution in [0.15, 0.2) is 29.3 Å². The molecule has 26 heavy (non-hydrogen) atoms. The van der Waals surface area contributed by atoms with Gasteiger partial charge in [0.1, 0.15) is 11.4 Å². The van der Waals surface area contributed by atoms with Crippen molar-refractivity contribution >= 4 is 12.1 Å². The number of carbonyl (C=O) groups is 1. The first-order valence-electron chi connectivity index (χ1n) is 8.97. The summed E-state index contributed by atoms with van der Waals surface area (Å²) in [5, 5.41) is 6.16. The van der Waals surface area contributed by atoms with Gasteiger partial charge in [-0.05, 0) is 45.2 Å². The highest BCUT2D eigenvalue weighted by molar-refractivity contribution is 5.80. The standard InChI is InChI=1S/C19H29FN4O2/c1-19(2,3)26-18(25)23-15-10-12-24(13-15)17(21-4)22-11-9-14-7-5-6-8-16(14)20/h5-8,15H,9-13H2,1-4H3,(H,21,22)(H,23,25). The first-order valence-corrected chi connectivity index (χ1v) is 8.97. The summed E-state index contributed by atoms with van der Waals surface area (Å²) in [4.78, 5) is 18.3. The number of alkyl carbamates (subject to hydrolysis) is 1. The summed E-state index contributed by atoms with van der Waals surface area (Å²) < 4.78 is 19.0. The molecule has 1 fully saturated rings. The molecule has 0 saturated carbocycles. The van der Waals surface area contributed by atoms with E-state index in [9.17, 15) is 9.18 Å². The van der Waals surface area contributed by atoms with Crippen LogP contribution in [-0.2, 0) is 11.2 Å². The Morgan fingerprint density at radius 3 is 2.77 bits per heavy atom. The van der Waals surface area contributed by atoms with E-state index in [0.717, 1.165) is 18.9 Å². The van der Waals surface area contributed by atoms with E-state index in [1.165, 1.54) is 6.07 Å². The highest BCUT2D eigenvalue weighted by atomic mass is 19.1. The van der Waals surface area contributed by atoms with E-state index in [4.69, 9.17) is 4.74 Å². The topological polar surface area (TPSA) is 66.0 Å². The molecule has 144 valence electrons. The molecule has 0 aliphatic carbocycles. The van der Waals surface area contributed by atoms with Crippen molar-refractivity contribution in [2.24, 2.45) is 4.99 Å². The number of nitrogens with one attached hydrogen (secondary N) is 2. The normalized spacial score (nSPS) is 18.0. The Bertz CT molecular complexity index is 643. The monoisotopic (exact) mass is 364 g/mol. The Kier molecular flexibility index (Phi) is 6.83. The zero-order chi connectivity index (χ0) is 19.2. The number of halogens is 1. The predicted molar refractivity (Wildman–Crippen MR) is 101 cm³/mol. The lowest BCUT2D eigenvalue weighted by Gasteiger charge is -2.23. The van der Waals surface area contributed by atoms with Gasteiger partial charge in [0.15, 0.2) is 5.96 Å². The minimum absolute atomic E-state index is 0.0231. The average molecular weight is 364 g/mol. The molecule has 1 saturated heterocycles. The molecule has 7 heteroatoms. The summed E-state index contributed by atoms with van der Waals surface area (Å²) in [7, 11) is 1.72. The molecule has 1 aliphatic heterocycles. The number of guanidine groups is 1. The molecule has 1 aromatic rings. The smallest absolute Gasteiger partial charge is 0.407 e. The first kappa shape index (κ1) is 20.0. The summed E-state index contributed by atoms with van der Waals surface area (Å²) >= 11 is 0. The molecule has 1 amide bonds. The van der Waals surface area contributed by atoms with Gasteiger partial charge in [0, 0.05) is 26.7 Å². The number of likely N-dealkylation sites (tertiary alicyclic amines) is 1. The van der Waals surface area contributed by atoms with Gasteiger partial charge in [0.05, 0.1) is 6.04 Å². The van der Waals surface area contributed by atoms with E-state index >= 15 is 0 Å². The molecule has 1 unspecified atom stereocenters. The van der Waals surface area contributed by atoms with Crippen LogP contribution in [0.25, 0.3) is 0 Å². The Balaban J connectivity index is 1.78. The number of benzene rings is 1. The second-order valence-electron chi connectivity index (χ2n) is 7.39. The maximum Gasteiger partial charge on any atom is 0.407 e. The van der Waals surface area contributed by atoms with Crippen LogP contribution in [0.4, 0.5) is 9.18 Å². The lowest BCUT2D eigenvalue weighted by Crippen LogP contribution is -2.44. The molecular weight excluding hydrogens is 335 g/mol. The Hall–Kier alpha value is -2.31. The van der Waals surface area contributed by atoms with Gasteiger partial charge in [0.25, 0.3) is 0 Å². The number of amides is 1. The number of hydrogen-bond donors (Lipinski definition) is 2. The SMILES string of the molecule is CN=C(NCCc1ccccc1F)N1CCC(NC(=O)OC(C)(C)C)C1. The van der Waals surface area contributed by atoms with Crippen molar-refractivity contribution in [2.75, 3.05) is 26.7 Å². The van der Waals surface area contributed by atoms with E-state index in [2.05, 4.69) is 20.5 Å². The van der Waals surface area contributed by atoms with E-state index in [-0.39, 0.29) is 11.9 Å². The fourth-order valence-corrected chi connectivity index (χ4v) is 2.89. The van der Waals surface area contributed by atoms with Gasteiger partial charge in [0.2, 0.25) is 0 Å². The Morgan fingerprint density at radius 2 is 2.12 bits per heavy atom. The van der Waals surface area contributed by atoms with Crippen LogP contribution in [0.2, 0.25) is 0 Å². The largest absolute Gasteiger partial charge is 0.444 e. The zero-order valence-corrected chi connectivity index (χ0v) is 16.0. The quantitative estimate of drug-likeness (QED) is 0.637. The average Bonchev–Trinajstić information content (AvgIpc) is 2.99. The summed E-state index contributed by atoms with van der Waals surface area (Å²) in [6.07, 6.45) is 1.01. The number of carbonyl (C=O) groups excluding carboxylic acids is 1. The van der Waals surface area contributed by atoms with Gasteiger partial charge < -0.3 is 20.3 Å². The van der Waals surface area contributed by atoms with Crippen molar-refractivity contribution in [3.8, 4) is 0 Å². The third kappa shape index (κ3) is 6.20. The van der Waals surface area contributed by atoms with Crippen LogP contribution < -0.4 is 10.6 Å². The Labute approximate surface area is 154 Å². The van der Waals surface area contributed by atoms with Crippen molar-refractivity contribution in [3.63, 3.8) is 0 Å². The van der Waals surface area contributed by atoms with Crippen molar-refractivity contribution in [2.45, 2.75) is 45.3 Å². The summed E-state index contributed by atoms with van der Waals surface area (Å²) in [5.41, 5.74) is 0.175. The predicted octanol–water partition coefficient (Wildman–Crippen LogP) is 2.54. The number of nitrogens with zero attached hydrogens (tertiary/aromatic N) is 2. The molecule has 6 nitrogen and oxygen atoms in total. The van der Waals surface area contributed by atoms with E-state index in [1.807, 2.05) is 26.8 Å². The molecule has 2 N–H and O–H groups in total. The van der Waals surface area contributed by atoms with Crippen LogP contribution in [0.1, 0.15) is 32.8 Å². The molecule has 1 aromatic carbocycles. The summed E-state index contributed by atoms with van der Waals surface area (Å²) in [5.74, 6) is 0.571. The molecular formula is C19H29FN4O2. The van der Waals surface area contributed by atoms with Crippen LogP contribution in [-0.4, -0.2) is 55.3 Å². The molecule has 1 atom stereocenters. The van der Waals surface area contributed by atoms with E-state index < -0.39 is 11.7 Å². The highest BCUT2D eigenvalue weighted by Gasteiger charge is 2.27. The zero-order valence-electron chi connectivity index (χ0n) is 16.0. The number of rotatable bonds is 4. The lowest BCUT2D eigenvalue weighted by molar-refractivity contribution is 0.0507. The number of hydrogen-bond acceptors (Lipinski definition) is 3. The van der Waals surface area contributed by atoms with E-state index in [0.29, 0.717) is 25.1 Å². The first-order chi connectivity index (χ1) is 12.3. The third-order valence-corrected chi connectivity index (χ3v) is 4.06. The van der Waals surface area contributed by atoms with Gasteiger partial charge >= 0.3 is 6.09 Å². The van der Waals surface area contributed by atoms with Gasteiger partial charge in [-0.1, -0.05) is 18.2 Å². The molecule has 1 aliphatic rings. The molecule has 0 bridgehead atoms. The number of aliphatic imine (C=N–C) groups is 1. The van der Waals surface area contributed by atoms with Gasteiger partial charge in [-0.25, -0.2) is 9.18 Å². The lowest BCUT2D eigenvalue weighted by atomic mass is 10.1. The molecule has 0 spiro atoms. The van der Waals surface area contributed by atoms with Crippen LogP contribution in [0, 0.1) is 5.82 Å². The number of ether oxygens (including phenoxy) is 1. The highest BCUT2D eigenvalue weighted by Crippen LogP contribution is 2.12. The fourth-order valence-electron chi connectivity index (χ4n) is 2.89. The maximum atomic E-state index is 13.7. The minimum atomic E-state index is -0.507. The van der Waals surface area contributed by atoms with Crippen LogP contribution in [0.3, 0.4) is 0 Å². The maximum absolute atomic E-state index is 13.7. The second kappa shape index (κ2) is 8.87. The third-order valence-electron chi connectivity index (χ3n) is 4.06. The van der Waals surface area contributed by atoms with Gasteiger partial charge in [-0.3, -0.25) is 4.99 Å². The fraction of sp³-hybridized carbons (Fsp3) is 0.579. The molecule has 0 aromatic heterocycles. The molecule has 0 radical (unpaired) electrons. The van der Waals surface area contributed by atoms with E-state index in [1.54, 1.807) is 19.2 Å². The van der Waals surface area contributed by atoms with Crippen molar-refractivity contribution < 1.29 is 13.9 Å². The van der Waals surface area contributed by atoms with Crippen LogP contribution >= 0.6 is 0 Å². The van der Waals surface area contributed by atoms with Gasteiger partial charge in [-0.2, -0.15) is 0 Å². The minimum Gasteiger partial charge on any atom is -0.444 e. The second-order valence-corrected chi connectivity index (χ2v) is 7.39. The molecule has 2 rings (SSSR count). The van der Waals surface area contributed by atoms with Gasteiger partial charge in [-0.15, -0.1) is 0 Å². The Morgan fingerprint density at radius 1 is 1.38 bits per heavy atom. The van der Waals surface area contributed by atoms with Crippen molar-refractivity contribution in [1.29, 1.82) is 0 Å². The van der Waals surface area contributed by atoms with Crippen LogP contribution in [0.5, 0.6) is 0 Å². The summed E-state index contributed by atoms with van der Waals surface area (Å²) in [6, 6.07) is 6.80. The molecule has 1 heterocycles. The van der Waals surface area contributed by atoms with Crippen molar-refractivity contribution in [1.82, 2.24) is 15.5 Å². The summed E-state index contributed by atoms with van der Waals surface area (Å²) in [6.45, 7) is 7.57.